The van der Waals surface area contributed by atoms with Crippen LogP contribution in [0.15, 0.2) is 24.3 Å². The molecule has 0 aliphatic heterocycles. The Morgan fingerprint density at radius 3 is 2.78 bits per heavy atom. The van der Waals surface area contributed by atoms with E-state index in [1.165, 1.54) is 7.11 Å². The number of aromatic amines is 1. The minimum Gasteiger partial charge on any atom is -0.496 e. The van der Waals surface area contributed by atoms with E-state index in [4.69, 9.17) is 16.3 Å². The Hall–Kier alpha value is -2.01. The van der Waals surface area contributed by atoms with Gasteiger partial charge in [0.05, 0.1) is 19.9 Å². The van der Waals surface area contributed by atoms with Gasteiger partial charge in [0.25, 0.3) is 0 Å². The van der Waals surface area contributed by atoms with E-state index in [0.717, 1.165) is 0 Å². The molecule has 0 aliphatic rings. The van der Waals surface area contributed by atoms with E-state index < -0.39 is 5.97 Å². The molecule has 0 aliphatic carbocycles. The highest BCUT2D eigenvalue weighted by Gasteiger charge is 2.14. The maximum absolute atomic E-state index is 11.3. The lowest BCUT2D eigenvalue weighted by Crippen LogP contribution is -2.00. The van der Waals surface area contributed by atoms with Gasteiger partial charge >= 0.3 is 5.97 Å². The van der Waals surface area contributed by atoms with Crippen molar-refractivity contribution in [2.24, 2.45) is 0 Å². The van der Waals surface area contributed by atoms with Crippen LogP contribution in [0.2, 0.25) is 5.02 Å². The maximum Gasteiger partial charge on any atom is 0.356 e. The van der Waals surface area contributed by atoms with E-state index in [2.05, 4.69) is 14.9 Å². The fourth-order valence-corrected chi connectivity index (χ4v) is 1.73. The first-order valence-electron chi connectivity index (χ1n) is 5.13. The fourth-order valence-electron chi connectivity index (χ4n) is 1.55. The van der Waals surface area contributed by atoms with E-state index in [9.17, 15) is 4.79 Å². The summed E-state index contributed by atoms with van der Waals surface area (Å²) in [5.74, 6) is 0.150. The predicted octanol–water partition coefficient (Wildman–Crippen LogP) is 2.53. The number of halogens is 1. The third-order valence-corrected chi connectivity index (χ3v) is 2.66. The Bertz CT molecular complexity index is 580. The summed E-state index contributed by atoms with van der Waals surface area (Å²) in [6, 6.07) is 6.76. The average molecular weight is 267 g/mol. The van der Waals surface area contributed by atoms with Crippen molar-refractivity contribution in [1.82, 2.24) is 10.2 Å². The third-order valence-electron chi connectivity index (χ3n) is 2.42. The third kappa shape index (κ3) is 2.31. The standard InChI is InChI=1S/C12H11ClN2O3/c1-17-11-4-3-7(13)5-8(11)9-6-10(15-14-9)12(16)18-2/h3-6H,1-2H3,(H,14,15). The molecule has 0 fully saturated rings. The molecule has 6 heteroatoms. The normalized spacial score (nSPS) is 10.2. The number of aromatic nitrogens is 2. The maximum atomic E-state index is 11.3. The number of ether oxygens (including phenoxy) is 2. The minimum absolute atomic E-state index is 0.273. The summed E-state index contributed by atoms with van der Waals surface area (Å²) in [7, 11) is 2.86. The van der Waals surface area contributed by atoms with Gasteiger partial charge < -0.3 is 9.47 Å². The molecule has 18 heavy (non-hydrogen) atoms. The van der Waals surface area contributed by atoms with Crippen LogP contribution in [-0.4, -0.2) is 30.4 Å². The zero-order valence-corrected chi connectivity index (χ0v) is 10.6. The number of hydrogen-bond acceptors (Lipinski definition) is 4. The van der Waals surface area contributed by atoms with Gasteiger partial charge in [0.1, 0.15) is 11.4 Å². The summed E-state index contributed by atoms with van der Waals surface area (Å²) >= 11 is 5.94. The molecule has 1 aromatic heterocycles. The smallest absolute Gasteiger partial charge is 0.356 e. The van der Waals surface area contributed by atoms with Crippen LogP contribution in [-0.2, 0) is 4.74 Å². The van der Waals surface area contributed by atoms with Gasteiger partial charge in [-0.1, -0.05) is 11.6 Å². The topological polar surface area (TPSA) is 64.2 Å². The number of methoxy groups -OCH3 is 2. The molecule has 0 spiro atoms. The first-order chi connectivity index (χ1) is 8.65. The van der Waals surface area contributed by atoms with Crippen LogP contribution in [0.5, 0.6) is 5.75 Å². The number of rotatable bonds is 3. The van der Waals surface area contributed by atoms with E-state index in [0.29, 0.717) is 22.0 Å². The van der Waals surface area contributed by atoms with E-state index in [-0.39, 0.29) is 5.69 Å². The molecule has 0 bridgehead atoms. The van der Waals surface area contributed by atoms with Gasteiger partial charge in [-0.2, -0.15) is 5.10 Å². The van der Waals surface area contributed by atoms with Crippen LogP contribution >= 0.6 is 11.6 Å². The Morgan fingerprint density at radius 1 is 1.33 bits per heavy atom. The first-order valence-corrected chi connectivity index (χ1v) is 5.51. The first kappa shape index (κ1) is 12.4. The SMILES string of the molecule is COC(=O)c1cc(-c2cc(Cl)ccc2OC)n[nH]1. The molecule has 1 aromatic carbocycles. The summed E-state index contributed by atoms with van der Waals surface area (Å²) in [6.07, 6.45) is 0. The van der Waals surface area contributed by atoms with Crippen molar-refractivity contribution in [3.05, 3.63) is 35.0 Å². The number of H-pyrrole nitrogens is 1. The predicted molar refractivity (Wildman–Crippen MR) is 66.9 cm³/mol. The molecule has 2 rings (SSSR count). The number of carbonyl (C=O) groups is 1. The summed E-state index contributed by atoms with van der Waals surface area (Å²) in [6.45, 7) is 0. The average Bonchev–Trinajstić information content (AvgIpc) is 2.87. The van der Waals surface area contributed by atoms with Gasteiger partial charge in [0, 0.05) is 10.6 Å². The molecule has 0 atom stereocenters. The highest BCUT2D eigenvalue weighted by molar-refractivity contribution is 6.31. The molecule has 0 radical (unpaired) electrons. The summed E-state index contributed by atoms with van der Waals surface area (Å²) < 4.78 is 9.82. The minimum atomic E-state index is -0.477. The lowest BCUT2D eigenvalue weighted by atomic mass is 10.1. The van der Waals surface area contributed by atoms with Crippen molar-refractivity contribution in [3.8, 4) is 17.0 Å². The second-order valence-corrected chi connectivity index (χ2v) is 3.94. The zero-order valence-electron chi connectivity index (χ0n) is 9.86. The van der Waals surface area contributed by atoms with Gasteiger partial charge in [-0.3, -0.25) is 5.10 Å². The Morgan fingerprint density at radius 2 is 2.11 bits per heavy atom. The van der Waals surface area contributed by atoms with Crippen molar-refractivity contribution in [1.29, 1.82) is 0 Å². The second kappa shape index (κ2) is 5.10. The molecular formula is C12H11ClN2O3. The number of esters is 1. The van der Waals surface area contributed by atoms with Crippen LogP contribution in [0.4, 0.5) is 0 Å². The van der Waals surface area contributed by atoms with Gasteiger partial charge in [-0.15, -0.1) is 0 Å². The molecule has 0 saturated carbocycles. The van der Waals surface area contributed by atoms with Crippen molar-refractivity contribution >= 4 is 17.6 Å². The molecule has 94 valence electrons. The number of hydrogen-bond donors (Lipinski definition) is 1. The van der Waals surface area contributed by atoms with Crippen LogP contribution in [0, 0.1) is 0 Å². The Balaban J connectivity index is 2.45. The monoisotopic (exact) mass is 266 g/mol. The number of nitrogens with zero attached hydrogens (tertiary/aromatic N) is 1. The fraction of sp³-hybridized carbons (Fsp3) is 0.167. The van der Waals surface area contributed by atoms with Crippen molar-refractivity contribution in [3.63, 3.8) is 0 Å². The van der Waals surface area contributed by atoms with Gasteiger partial charge in [-0.25, -0.2) is 4.79 Å². The van der Waals surface area contributed by atoms with Gasteiger partial charge in [0.15, 0.2) is 0 Å². The van der Waals surface area contributed by atoms with Crippen LogP contribution in [0.1, 0.15) is 10.5 Å². The molecule has 0 saturated heterocycles. The number of benzene rings is 1. The highest BCUT2D eigenvalue weighted by Crippen LogP contribution is 2.31. The van der Waals surface area contributed by atoms with E-state index in [1.54, 1.807) is 31.4 Å². The molecular weight excluding hydrogens is 256 g/mol. The Labute approximate surface area is 109 Å². The zero-order chi connectivity index (χ0) is 13.1. The molecule has 0 amide bonds. The summed E-state index contributed by atoms with van der Waals surface area (Å²) in [5, 5.41) is 7.21. The molecule has 1 N–H and O–H groups in total. The van der Waals surface area contributed by atoms with E-state index >= 15 is 0 Å². The quantitative estimate of drug-likeness (QED) is 0.867. The highest BCUT2D eigenvalue weighted by atomic mass is 35.5. The molecule has 5 nitrogen and oxygen atoms in total. The van der Waals surface area contributed by atoms with Crippen molar-refractivity contribution < 1.29 is 14.3 Å². The van der Waals surface area contributed by atoms with Crippen molar-refractivity contribution in [2.75, 3.05) is 14.2 Å². The summed E-state index contributed by atoms with van der Waals surface area (Å²) in [5.41, 5.74) is 1.54. The van der Waals surface area contributed by atoms with E-state index in [1.807, 2.05) is 0 Å². The lowest BCUT2D eigenvalue weighted by Gasteiger charge is -2.05. The van der Waals surface area contributed by atoms with Crippen LogP contribution in [0.3, 0.4) is 0 Å². The molecule has 2 aromatic rings. The van der Waals surface area contributed by atoms with Crippen LogP contribution in [0.25, 0.3) is 11.3 Å². The van der Waals surface area contributed by atoms with Gasteiger partial charge in [-0.05, 0) is 24.3 Å². The second-order valence-electron chi connectivity index (χ2n) is 3.50. The molecule has 1 heterocycles. The van der Waals surface area contributed by atoms with Gasteiger partial charge in [0.2, 0.25) is 0 Å². The Kier molecular flexibility index (Phi) is 3.53. The molecule has 0 unspecified atom stereocenters. The van der Waals surface area contributed by atoms with Crippen LogP contribution < -0.4 is 4.74 Å². The number of nitrogens with one attached hydrogen (secondary N) is 1. The summed E-state index contributed by atoms with van der Waals surface area (Å²) in [4.78, 5) is 11.3. The number of carbonyl (C=O) groups excluding carboxylic acids is 1. The van der Waals surface area contributed by atoms with Crippen molar-refractivity contribution in [2.45, 2.75) is 0 Å². The lowest BCUT2D eigenvalue weighted by molar-refractivity contribution is 0.0594. The largest absolute Gasteiger partial charge is 0.496 e.